The SMILES string of the molecule is CCCCCCC/C(=C/C(=O)OC)Nc1ccccc1.CCCCCCCC(=O)CC(=O)OC. The Kier molecular flexibility index (Phi) is 20.5. The van der Waals surface area contributed by atoms with Crippen molar-refractivity contribution >= 4 is 23.4 Å². The average molecular weight is 476 g/mol. The lowest BCUT2D eigenvalue weighted by atomic mass is 10.1. The van der Waals surface area contributed by atoms with Crippen LogP contribution in [0.4, 0.5) is 5.69 Å². The molecule has 0 unspecified atom stereocenters. The summed E-state index contributed by atoms with van der Waals surface area (Å²) < 4.78 is 9.11. The van der Waals surface area contributed by atoms with Gasteiger partial charge in [0.15, 0.2) is 0 Å². The van der Waals surface area contributed by atoms with E-state index in [0.29, 0.717) is 6.42 Å². The van der Waals surface area contributed by atoms with Crippen molar-refractivity contribution in [2.75, 3.05) is 19.5 Å². The number of ketones is 1. The van der Waals surface area contributed by atoms with Crippen LogP contribution in [0.5, 0.6) is 0 Å². The molecule has 0 aliphatic heterocycles. The van der Waals surface area contributed by atoms with Crippen molar-refractivity contribution < 1.29 is 23.9 Å². The molecule has 0 aliphatic carbocycles. The van der Waals surface area contributed by atoms with Gasteiger partial charge in [-0.25, -0.2) is 4.79 Å². The van der Waals surface area contributed by atoms with Gasteiger partial charge >= 0.3 is 11.9 Å². The highest BCUT2D eigenvalue weighted by Gasteiger charge is 2.08. The van der Waals surface area contributed by atoms with Crippen LogP contribution >= 0.6 is 0 Å². The molecule has 0 saturated carbocycles. The molecule has 0 radical (unpaired) electrons. The lowest BCUT2D eigenvalue weighted by Gasteiger charge is -2.11. The molecule has 0 aliphatic rings. The summed E-state index contributed by atoms with van der Waals surface area (Å²) in [4.78, 5) is 33.3. The van der Waals surface area contributed by atoms with E-state index in [2.05, 4.69) is 23.9 Å². The van der Waals surface area contributed by atoms with Gasteiger partial charge in [0, 0.05) is 23.9 Å². The number of unbranched alkanes of at least 4 members (excludes halogenated alkanes) is 8. The van der Waals surface area contributed by atoms with E-state index in [0.717, 1.165) is 37.1 Å². The number of hydrogen-bond acceptors (Lipinski definition) is 6. The summed E-state index contributed by atoms with van der Waals surface area (Å²) in [6.07, 6.45) is 14.5. The first kappa shape index (κ1) is 31.4. The fourth-order valence-electron chi connectivity index (χ4n) is 3.25. The zero-order valence-electron chi connectivity index (χ0n) is 21.7. The molecule has 6 heteroatoms. The third-order valence-corrected chi connectivity index (χ3v) is 5.25. The molecule has 6 nitrogen and oxygen atoms in total. The fourth-order valence-corrected chi connectivity index (χ4v) is 3.25. The quantitative estimate of drug-likeness (QED) is 0.113. The minimum atomic E-state index is -0.427. The van der Waals surface area contributed by atoms with Gasteiger partial charge in [0.2, 0.25) is 0 Å². The van der Waals surface area contributed by atoms with E-state index in [9.17, 15) is 14.4 Å². The smallest absolute Gasteiger partial charge is 0.332 e. The lowest BCUT2D eigenvalue weighted by molar-refractivity contribution is -0.143. The highest BCUT2D eigenvalue weighted by Crippen LogP contribution is 2.15. The van der Waals surface area contributed by atoms with Gasteiger partial charge in [0.25, 0.3) is 0 Å². The Morgan fingerprint density at radius 2 is 1.32 bits per heavy atom. The molecule has 0 atom stereocenters. The maximum atomic E-state index is 11.4. The Morgan fingerprint density at radius 3 is 1.85 bits per heavy atom. The monoisotopic (exact) mass is 475 g/mol. The molecule has 34 heavy (non-hydrogen) atoms. The lowest BCUT2D eigenvalue weighted by Crippen LogP contribution is -2.08. The van der Waals surface area contributed by atoms with Gasteiger partial charge < -0.3 is 14.8 Å². The summed E-state index contributed by atoms with van der Waals surface area (Å²) >= 11 is 0. The second-order valence-electron chi connectivity index (χ2n) is 8.30. The molecule has 0 amide bonds. The third kappa shape index (κ3) is 18.9. The summed E-state index contributed by atoms with van der Waals surface area (Å²) in [6.45, 7) is 4.36. The van der Waals surface area contributed by atoms with Crippen LogP contribution in [0.15, 0.2) is 42.1 Å². The minimum absolute atomic E-state index is 0.00616. The summed E-state index contributed by atoms with van der Waals surface area (Å²) in [7, 11) is 2.71. The average Bonchev–Trinajstić information content (AvgIpc) is 2.84. The number of rotatable bonds is 17. The Bertz CT molecular complexity index is 700. The standard InChI is InChI=1S/C17H25NO2.C11H20O3/c1-3-4-5-6-8-13-16(14-17(19)20-2)18-15-11-9-7-10-12-15;1-3-4-5-6-7-8-10(12)9-11(13)14-2/h7,9-12,14,18H,3-6,8,13H2,1-2H3;3-9H2,1-2H3/b16-14-;. The van der Waals surface area contributed by atoms with Crippen LogP contribution in [0.2, 0.25) is 0 Å². The maximum absolute atomic E-state index is 11.4. The molecule has 0 bridgehead atoms. The normalized spacial score (nSPS) is 10.6. The van der Waals surface area contributed by atoms with Gasteiger partial charge in [-0.3, -0.25) is 9.59 Å². The number of carbonyl (C=O) groups excluding carboxylic acids is 3. The largest absolute Gasteiger partial charge is 0.469 e. The number of carbonyl (C=O) groups is 3. The highest BCUT2D eigenvalue weighted by atomic mass is 16.5. The molecule has 1 aromatic rings. The summed E-state index contributed by atoms with van der Waals surface area (Å²) in [5.41, 5.74) is 1.91. The van der Waals surface area contributed by atoms with Crippen LogP contribution in [0.1, 0.15) is 97.3 Å². The van der Waals surface area contributed by atoms with Gasteiger partial charge in [0.1, 0.15) is 12.2 Å². The Balaban J connectivity index is 0.000000686. The topological polar surface area (TPSA) is 81.7 Å². The number of nitrogens with one attached hydrogen (secondary N) is 1. The highest BCUT2D eigenvalue weighted by molar-refractivity contribution is 5.95. The number of hydrogen-bond donors (Lipinski definition) is 1. The van der Waals surface area contributed by atoms with Crippen LogP contribution < -0.4 is 5.32 Å². The first-order valence-electron chi connectivity index (χ1n) is 12.7. The van der Waals surface area contributed by atoms with Crippen LogP contribution in [0, 0.1) is 0 Å². The number of methoxy groups -OCH3 is 2. The van der Waals surface area contributed by atoms with Crippen LogP contribution in [0.3, 0.4) is 0 Å². The van der Waals surface area contributed by atoms with Gasteiger partial charge in [0.05, 0.1) is 14.2 Å². The van der Waals surface area contributed by atoms with Crippen molar-refractivity contribution in [2.45, 2.75) is 97.3 Å². The van der Waals surface area contributed by atoms with E-state index in [-0.39, 0.29) is 18.2 Å². The van der Waals surface area contributed by atoms with Crippen LogP contribution in [-0.2, 0) is 23.9 Å². The molecule has 192 valence electrons. The van der Waals surface area contributed by atoms with E-state index < -0.39 is 5.97 Å². The third-order valence-electron chi connectivity index (χ3n) is 5.25. The van der Waals surface area contributed by atoms with Crippen molar-refractivity contribution in [3.8, 4) is 0 Å². The molecule has 0 aromatic heterocycles. The molecular weight excluding hydrogens is 430 g/mol. The van der Waals surface area contributed by atoms with Crippen LogP contribution in [0.25, 0.3) is 0 Å². The minimum Gasteiger partial charge on any atom is -0.469 e. The second-order valence-corrected chi connectivity index (χ2v) is 8.30. The Labute approximate surface area is 206 Å². The van der Waals surface area contributed by atoms with Crippen molar-refractivity contribution in [3.63, 3.8) is 0 Å². The van der Waals surface area contributed by atoms with E-state index in [1.54, 1.807) is 6.08 Å². The molecule has 1 N–H and O–H groups in total. The van der Waals surface area contributed by atoms with E-state index in [1.165, 1.54) is 59.2 Å². The fraction of sp³-hybridized carbons (Fsp3) is 0.607. The van der Waals surface area contributed by atoms with Gasteiger partial charge in [-0.15, -0.1) is 0 Å². The van der Waals surface area contributed by atoms with Crippen LogP contribution in [-0.4, -0.2) is 31.9 Å². The molecule has 0 heterocycles. The molecular formula is C28H45NO5. The van der Waals surface area contributed by atoms with Crippen molar-refractivity contribution in [1.29, 1.82) is 0 Å². The first-order valence-corrected chi connectivity index (χ1v) is 12.7. The summed E-state index contributed by atoms with van der Waals surface area (Å²) in [5, 5.41) is 3.30. The number of para-hydroxylation sites is 1. The number of allylic oxidation sites excluding steroid dienone is 1. The number of anilines is 1. The molecule has 0 saturated heterocycles. The zero-order chi connectivity index (χ0) is 25.4. The zero-order valence-corrected chi connectivity index (χ0v) is 21.7. The number of ether oxygens (including phenoxy) is 2. The van der Waals surface area contributed by atoms with Gasteiger partial charge in [-0.05, 0) is 31.4 Å². The molecule has 1 aromatic carbocycles. The van der Waals surface area contributed by atoms with Crippen molar-refractivity contribution in [3.05, 3.63) is 42.1 Å². The predicted molar refractivity (Wildman–Crippen MR) is 139 cm³/mol. The number of benzene rings is 1. The molecule has 0 fully saturated rings. The molecule has 1 rings (SSSR count). The van der Waals surface area contributed by atoms with Gasteiger partial charge in [-0.1, -0.05) is 83.4 Å². The Hall–Kier alpha value is -2.63. The predicted octanol–water partition coefficient (Wildman–Crippen LogP) is 7.00. The molecule has 0 spiro atoms. The van der Waals surface area contributed by atoms with Gasteiger partial charge in [-0.2, -0.15) is 0 Å². The first-order chi connectivity index (χ1) is 16.5. The van der Waals surface area contributed by atoms with E-state index in [1.807, 2.05) is 30.3 Å². The Morgan fingerprint density at radius 1 is 0.765 bits per heavy atom. The summed E-state index contributed by atoms with van der Waals surface area (Å²) in [6, 6.07) is 9.89. The van der Waals surface area contributed by atoms with E-state index >= 15 is 0 Å². The van der Waals surface area contributed by atoms with Crippen molar-refractivity contribution in [1.82, 2.24) is 0 Å². The van der Waals surface area contributed by atoms with E-state index in [4.69, 9.17) is 4.74 Å². The second kappa shape index (κ2) is 22.2. The number of esters is 2. The maximum Gasteiger partial charge on any atom is 0.332 e. The number of Topliss-reactive ketones (excluding diaryl/α,β-unsaturated/α-hetero) is 1. The summed E-state index contributed by atoms with van der Waals surface area (Å²) in [5.74, 6) is -0.742. The van der Waals surface area contributed by atoms with Crippen molar-refractivity contribution in [2.24, 2.45) is 0 Å².